The molecular formula is C17H22N4O2S. The van der Waals surface area contributed by atoms with Gasteiger partial charge in [-0.1, -0.05) is 25.1 Å². The number of ether oxygens (including phenoxy) is 1. The van der Waals surface area contributed by atoms with Gasteiger partial charge in [-0.05, 0) is 32.1 Å². The summed E-state index contributed by atoms with van der Waals surface area (Å²) in [5, 5.41) is 10.00. The van der Waals surface area contributed by atoms with Crippen molar-refractivity contribution in [1.82, 2.24) is 20.1 Å². The Morgan fingerprint density at radius 1 is 1.46 bits per heavy atom. The van der Waals surface area contributed by atoms with E-state index < -0.39 is 6.10 Å². The Balaban J connectivity index is 1.59. The van der Waals surface area contributed by atoms with E-state index in [0.29, 0.717) is 17.7 Å². The molecule has 0 spiro atoms. The van der Waals surface area contributed by atoms with Crippen molar-refractivity contribution in [2.45, 2.75) is 45.3 Å². The number of hydrogen-bond acceptors (Lipinski definition) is 4. The first-order valence-electron chi connectivity index (χ1n) is 8.18. The summed E-state index contributed by atoms with van der Waals surface area (Å²) in [6.45, 7) is 6.62. The lowest BCUT2D eigenvalue weighted by Gasteiger charge is -2.15. The van der Waals surface area contributed by atoms with Crippen LogP contribution in [0.2, 0.25) is 0 Å². The van der Waals surface area contributed by atoms with Gasteiger partial charge in [0.1, 0.15) is 11.6 Å². The van der Waals surface area contributed by atoms with E-state index in [4.69, 9.17) is 17.0 Å². The molecule has 0 saturated carbocycles. The number of nitrogens with zero attached hydrogens (tertiary/aromatic N) is 2. The molecule has 1 amide bonds. The van der Waals surface area contributed by atoms with Gasteiger partial charge in [0.2, 0.25) is 0 Å². The molecule has 6 nitrogen and oxygen atoms in total. The van der Waals surface area contributed by atoms with Crippen molar-refractivity contribution in [3.8, 4) is 5.75 Å². The van der Waals surface area contributed by atoms with Crippen molar-refractivity contribution in [2.75, 3.05) is 6.54 Å². The predicted molar refractivity (Wildman–Crippen MR) is 93.8 cm³/mol. The molecule has 0 aliphatic carbocycles. The predicted octanol–water partition coefficient (Wildman–Crippen LogP) is 2.74. The van der Waals surface area contributed by atoms with Crippen molar-refractivity contribution < 1.29 is 9.53 Å². The summed E-state index contributed by atoms with van der Waals surface area (Å²) in [6, 6.07) is 8.02. The van der Waals surface area contributed by atoms with Gasteiger partial charge < -0.3 is 14.6 Å². The molecule has 2 N–H and O–H groups in total. The number of hydrogen-bond donors (Lipinski definition) is 2. The molecule has 2 heterocycles. The van der Waals surface area contributed by atoms with Gasteiger partial charge in [-0.25, -0.2) is 0 Å². The summed E-state index contributed by atoms with van der Waals surface area (Å²) < 4.78 is 8.36. The molecule has 0 unspecified atom stereocenters. The van der Waals surface area contributed by atoms with Crippen LogP contribution in [0.25, 0.3) is 0 Å². The Morgan fingerprint density at radius 3 is 2.92 bits per heavy atom. The van der Waals surface area contributed by atoms with Gasteiger partial charge in [0.25, 0.3) is 5.91 Å². The minimum Gasteiger partial charge on any atom is -0.480 e. The molecule has 128 valence electrons. The smallest absolute Gasteiger partial charge is 0.261 e. The molecule has 24 heavy (non-hydrogen) atoms. The second kappa shape index (κ2) is 6.76. The number of rotatable bonds is 5. The van der Waals surface area contributed by atoms with Gasteiger partial charge in [0.15, 0.2) is 10.9 Å². The molecule has 2 atom stereocenters. The fourth-order valence-corrected chi connectivity index (χ4v) is 3.45. The van der Waals surface area contributed by atoms with Crippen LogP contribution in [0.4, 0.5) is 0 Å². The lowest BCUT2D eigenvalue weighted by molar-refractivity contribution is -0.127. The third-order valence-corrected chi connectivity index (χ3v) is 4.61. The first-order chi connectivity index (χ1) is 11.5. The van der Waals surface area contributed by atoms with Gasteiger partial charge in [0.05, 0.1) is 0 Å². The zero-order valence-corrected chi connectivity index (χ0v) is 14.9. The SMILES string of the molecule is CC(C)n1c(CCNC(=O)[C@@H]2Oc3ccccc3[C@H]2C)n[nH]c1=S. The van der Waals surface area contributed by atoms with Crippen LogP contribution >= 0.6 is 12.2 Å². The Bertz CT molecular complexity index is 796. The molecule has 0 saturated heterocycles. The number of aromatic amines is 1. The number of benzene rings is 1. The highest BCUT2D eigenvalue weighted by Gasteiger charge is 2.35. The van der Waals surface area contributed by atoms with E-state index in [1.54, 1.807) is 0 Å². The Kier molecular flexibility index (Phi) is 4.71. The summed E-state index contributed by atoms with van der Waals surface area (Å²) >= 11 is 5.23. The molecule has 1 aliphatic rings. The van der Waals surface area contributed by atoms with Crippen molar-refractivity contribution in [3.05, 3.63) is 40.4 Å². The number of para-hydroxylation sites is 1. The lowest BCUT2D eigenvalue weighted by atomic mass is 9.97. The highest BCUT2D eigenvalue weighted by atomic mass is 32.1. The minimum atomic E-state index is -0.478. The van der Waals surface area contributed by atoms with E-state index >= 15 is 0 Å². The van der Waals surface area contributed by atoms with Crippen LogP contribution < -0.4 is 10.1 Å². The number of H-pyrrole nitrogens is 1. The fourth-order valence-electron chi connectivity index (χ4n) is 3.09. The summed E-state index contributed by atoms with van der Waals surface area (Å²) in [4.78, 5) is 12.4. The number of amides is 1. The van der Waals surface area contributed by atoms with Crippen molar-refractivity contribution in [3.63, 3.8) is 0 Å². The third-order valence-electron chi connectivity index (χ3n) is 4.32. The van der Waals surface area contributed by atoms with E-state index in [2.05, 4.69) is 29.4 Å². The van der Waals surface area contributed by atoms with Crippen molar-refractivity contribution in [1.29, 1.82) is 0 Å². The van der Waals surface area contributed by atoms with E-state index in [1.165, 1.54) is 0 Å². The second-order valence-corrected chi connectivity index (χ2v) is 6.70. The topological polar surface area (TPSA) is 71.9 Å². The standard InChI is InChI=1S/C17H22N4O2S/c1-10(2)21-14(19-20-17(21)24)8-9-18-16(22)15-11(3)12-6-4-5-7-13(12)23-15/h4-7,10-11,15H,8-9H2,1-3H3,(H,18,22)(H,20,24)/t11-,15-/m1/s1. The molecule has 2 aromatic rings. The van der Waals surface area contributed by atoms with Crippen LogP contribution in [0, 0.1) is 4.77 Å². The molecule has 1 aliphatic heterocycles. The van der Waals surface area contributed by atoms with Crippen LogP contribution in [0.3, 0.4) is 0 Å². The number of fused-ring (bicyclic) bond motifs is 1. The maximum atomic E-state index is 12.4. The Morgan fingerprint density at radius 2 is 2.21 bits per heavy atom. The normalized spacial score (nSPS) is 19.2. The minimum absolute atomic E-state index is 0.0476. The van der Waals surface area contributed by atoms with E-state index in [9.17, 15) is 4.79 Å². The first kappa shape index (κ1) is 16.7. The van der Waals surface area contributed by atoms with E-state index in [0.717, 1.165) is 17.1 Å². The summed E-state index contributed by atoms with van der Waals surface area (Å²) in [7, 11) is 0. The highest BCUT2D eigenvalue weighted by molar-refractivity contribution is 7.71. The average molecular weight is 346 g/mol. The quantitative estimate of drug-likeness (QED) is 0.817. The Labute approximate surface area is 146 Å². The number of aromatic nitrogens is 3. The monoisotopic (exact) mass is 346 g/mol. The summed E-state index contributed by atoms with van der Waals surface area (Å²) in [5.74, 6) is 1.60. The maximum Gasteiger partial charge on any atom is 0.261 e. The second-order valence-electron chi connectivity index (χ2n) is 6.31. The molecule has 7 heteroatoms. The zero-order chi connectivity index (χ0) is 17.3. The van der Waals surface area contributed by atoms with Crippen LogP contribution in [0.1, 0.15) is 44.1 Å². The molecule has 1 aromatic carbocycles. The van der Waals surface area contributed by atoms with Gasteiger partial charge in [0, 0.05) is 30.5 Å². The van der Waals surface area contributed by atoms with Gasteiger partial charge >= 0.3 is 0 Å². The molecule has 0 bridgehead atoms. The number of carbonyl (C=O) groups is 1. The fraction of sp³-hybridized carbons (Fsp3) is 0.471. The molecule has 3 rings (SSSR count). The molecule has 1 aromatic heterocycles. The van der Waals surface area contributed by atoms with Gasteiger partial charge in [-0.2, -0.15) is 5.10 Å². The average Bonchev–Trinajstić information content (AvgIpc) is 3.08. The third kappa shape index (κ3) is 3.08. The largest absolute Gasteiger partial charge is 0.480 e. The highest BCUT2D eigenvalue weighted by Crippen LogP contribution is 2.37. The first-order valence-corrected chi connectivity index (χ1v) is 8.59. The molecule has 0 fully saturated rings. The lowest BCUT2D eigenvalue weighted by Crippen LogP contribution is -2.40. The van der Waals surface area contributed by atoms with Crippen molar-refractivity contribution >= 4 is 18.1 Å². The van der Waals surface area contributed by atoms with Crippen molar-refractivity contribution in [2.24, 2.45) is 0 Å². The summed E-state index contributed by atoms with van der Waals surface area (Å²) in [5.41, 5.74) is 1.08. The van der Waals surface area contributed by atoms with Crippen LogP contribution in [-0.2, 0) is 11.2 Å². The number of carbonyl (C=O) groups excluding carboxylic acids is 1. The molecule has 0 radical (unpaired) electrons. The molecular weight excluding hydrogens is 324 g/mol. The maximum absolute atomic E-state index is 12.4. The van der Waals surface area contributed by atoms with Crippen LogP contribution in [-0.4, -0.2) is 33.3 Å². The van der Waals surface area contributed by atoms with Gasteiger partial charge in [-0.15, -0.1) is 0 Å². The van der Waals surface area contributed by atoms with Crippen LogP contribution in [0.15, 0.2) is 24.3 Å². The van der Waals surface area contributed by atoms with E-state index in [-0.39, 0.29) is 17.9 Å². The number of nitrogens with one attached hydrogen (secondary N) is 2. The Hall–Kier alpha value is -2.15. The zero-order valence-electron chi connectivity index (χ0n) is 14.1. The summed E-state index contributed by atoms with van der Waals surface area (Å²) in [6.07, 6.45) is 0.138. The van der Waals surface area contributed by atoms with E-state index in [1.807, 2.05) is 35.8 Å². The van der Waals surface area contributed by atoms with Crippen LogP contribution in [0.5, 0.6) is 5.75 Å². The van der Waals surface area contributed by atoms with Gasteiger partial charge in [-0.3, -0.25) is 9.89 Å².